The first-order valence-corrected chi connectivity index (χ1v) is 5.28. The molecule has 0 saturated heterocycles. The van der Waals surface area contributed by atoms with Gasteiger partial charge in [0.25, 0.3) is 0 Å². The molecule has 0 heterocycles. The van der Waals surface area contributed by atoms with E-state index >= 15 is 0 Å². The van der Waals surface area contributed by atoms with Crippen molar-refractivity contribution in [2.24, 2.45) is 5.73 Å². The molecule has 0 atom stereocenters. The second-order valence-corrected chi connectivity index (χ2v) is 4.14. The fourth-order valence-electron chi connectivity index (χ4n) is 1.45. The Kier molecular flexibility index (Phi) is 2.82. The first kappa shape index (κ1) is 10.3. The highest BCUT2D eigenvalue weighted by molar-refractivity contribution is 5.31. The smallest absolute Gasteiger partial charge is 0.119 e. The van der Waals surface area contributed by atoms with Crippen LogP contribution in [0.25, 0.3) is 0 Å². The molecule has 1 saturated carbocycles. The second kappa shape index (κ2) is 4.11. The van der Waals surface area contributed by atoms with Gasteiger partial charge in [-0.3, -0.25) is 0 Å². The van der Waals surface area contributed by atoms with E-state index < -0.39 is 0 Å². The molecule has 1 aromatic carbocycles. The summed E-state index contributed by atoms with van der Waals surface area (Å²) in [7, 11) is 1.65. The van der Waals surface area contributed by atoms with Crippen LogP contribution in [0.2, 0.25) is 0 Å². The Labute approximate surface area is 90.2 Å². The van der Waals surface area contributed by atoms with Crippen molar-refractivity contribution in [2.45, 2.75) is 24.8 Å². The molecule has 2 N–H and O–H groups in total. The predicted molar refractivity (Wildman–Crippen MR) is 59.3 cm³/mol. The van der Waals surface area contributed by atoms with Crippen LogP contribution in [0, 0.1) is 0 Å². The first-order valence-electron chi connectivity index (χ1n) is 5.28. The first-order chi connectivity index (χ1) is 7.22. The van der Waals surface area contributed by atoms with Crippen molar-refractivity contribution in [3.8, 4) is 11.5 Å². The highest BCUT2D eigenvalue weighted by Crippen LogP contribution is 2.35. The average molecular weight is 207 g/mol. The molecule has 1 aliphatic carbocycles. The van der Waals surface area contributed by atoms with Crippen molar-refractivity contribution < 1.29 is 9.47 Å². The van der Waals surface area contributed by atoms with Gasteiger partial charge in [0.05, 0.1) is 13.7 Å². The summed E-state index contributed by atoms with van der Waals surface area (Å²) in [6.07, 6.45) is 3.22. The van der Waals surface area contributed by atoms with Crippen LogP contribution in [0.1, 0.15) is 19.3 Å². The number of ether oxygens (including phenoxy) is 2. The minimum atomic E-state index is 0.0759. The Bertz CT molecular complexity index is 317. The van der Waals surface area contributed by atoms with Crippen molar-refractivity contribution in [1.29, 1.82) is 0 Å². The van der Waals surface area contributed by atoms with Crippen LogP contribution in [-0.4, -0.2) is 19.3 Å². The van der Waals surface area contributed by atoms with Crippen LogP contribution in [0.3, 0.4) is 0 Å². The highest BCUT2D eigenvalue weighted by Gasteiger charge is 2.37. The number of hydrogen-bond acceptors (Lipinski definition) is 3. The van der Waals surface area contributed by atoms with Gasteiger partial charge in [-0.25, -0.2) is 0 Å². The molecule has 0 unspecified atom stereocenters. The average Bonchev–Trinajstić information content (AvgIpc) is 2.98. The van der Waals surface area contributed by atoms with Crippen molar-refractivity contribution in [3.63, 3.8) is 0 Å². The van der Waals surface area contributed by atoms with Gasteiger partial charge in [-0.05, 0) is 43.5 Å². The van der Waals surface area contributed by atoms with E-state index in [2.05, 4.69) is 0 Å². The topological polar surface area (TPSA) is 44.5 Å². The van der Waals surface area contributed by atoms with Crippen LogP contribution in [-0.2, 0) is 0 Å². The summed E-state index contributed by atoms with van der Waals surface area (Å²) in [6.45, 7) is 0.697. The summed E-state index contributed by atoms with van der Waals surface area (Å²) in [5, 5.41) is 0. The third-order valence-corrected chi connectivity index (χ3v) is 2.82. The zero-order valence-electron chi connectivity index (χ0n) is 9.03. The molecule has 0 bridgehead atoms. The van der Waals surface area contributed by atoms with Crippen molar-refractivity contribution in [3.05, 3.63) is 24.3 Å². The van der Waals surface area contributed by atoms with Gasteiger partial charge in [0.15, 0.2) is 0 Å². The predicted octanol–water partition coefficient (Wildman–Crippen LogP) is 1.96. The molecule has 0 aliphatic heterocycles. The van der Waals surface area contributed by atoms with Gasteiger partial charge < -0.3 is 15.2 Å². The maximum absolute atomic E-state index is 5.96. The molecule has 3 nitrogen and oxygen atoms in total. The summed E-state index contributed by atoms with van der Waals surface area (Å²) in [4.78, 5) is 0. The van der Waals surface area contributed by atoms with Crippen LogP contribution in [0.5, 0.6) is 11.5 Å². The van der Waals surface area contributed by atoms with Crippen LogP contribution < -0.4 is 15.2 Å². The zero-order chi connectivity index (χ0) is 10.7. The van der Waals surface area contributed by atoms with E-state index in [1.807, 2.05) is 24.3 Å². The Morgan fingerprint density at radius 1 is 1.20 bits per heavy atom. The van der Waals surface area contributed by atoms with Crippen molar-refractivity contribution in [2.75, 3.05) is 13.7 Å². The maximum atomic E-state index is 5.96. The maximum Gasteiger partial charge on any atom is 0.119 e. The van der Waals surface area contributed by atoms with Gasteiger partial charge in [-0.15, -0.1) is 0 Å². The summed E-state index contributed by atoms with van der Waals surface area (Å²) >= 11 is 0. The summed E-state index contributed by atoms with van der Waals surface area (Å²) in [6, 6.07) is 7.61. The number of methoxy groups -OCH3 is 1. The molecule has 1 aromatic rings. The van der Waals surface area contributed by atoms with E-state index in [1.165, 1.54) is 0 Å². The lowest BCUT2D eigenvalue weighted by molar-refractivity contribution is 0.293. The second-order valence-electron chi connectivity index (χ2n) is 4.14. The molecule has 15 heavy (non-hydrogen) atoms. The number of hydrogen-bond donors (Lipinski definition) is 1. The standard InChI is InChI=1S/C12H17NO2/c1-14-10-2-4-11(5-3-10)15-9-8-12(13)6-7-12/h2-5H,6-9,13H2,1H3. The molecule has 2 rings (SSSR count). The highest BCUT2D eigenvalue weighted by atomic mass is 16.5. The van der Waals surface area contributed by atoms with Crippen LogP contribution in [0.15, 0.2) is 24.3 Å². The minimum Gasteiger partial charge on any atom is -0.497 e. The van der Waals surface area contributed by atoms with Gasteiger partial charge in [0.1, 0.15) is 11.5 Å². The normalized spacial score (nSPS) is 17.2. The monoisotopic (exact) mass is 207 g/mol. The number of benzene rings is 1. The number of rotatable bonds is 5. The van der Waals surface area contributed by atoms with Gasteiger partial charge in [0, 0.05) is 5.54 Å². The molecule has 1 fully saturated rings. The van der Waals surface area contributed by atoms with Gasteiger partial charge >= 0.3 is 0 Å². The minimum absolute atomic E-state index is 0.0759. The number of nitrogens with two attached hydrogens (primary N) is 1. The van der Waals surface area contributed by atoms with Crippen LogP contribution >= 0.6 is 0 Å². The molecule has 0 radical (unpaired) electrons. The van der Waals surface area contributed by atoms with E-state index in [0.29, 0.717) is 6.61 Å². The van der Waals surface area contributed by atoms with Gasteiger partial charge in [0.2, 0.25) is 0 Å². The van der Waals surface area contributed by atoms with E-state index in [1.54, 1.807) is 7.11 Å². The molecule has 82 valence electrons. The Hall–Kier alpha value is -1.22. The summed E-state index contributed by atoms with van der Waals surface area (Å²) < 4.78 is 10.6. The zero-order valence-corrected chi connectivity index (χ0v) is 9.03. The third-order valence-electron chi connectivity index (χ3n) is 2.82. The van der Waals surface area contributed by atoms with E-state index in [-0.39, 0.29) is 5.54 Å². The van der Waals surface area contributed by atoms with E-state index in [0.717, 1.165) is 30.8 Å². The van der Waals surface area contributed by atoms with Crippen molar-refractivity contribution in [1.82, 2.24) is 0 Å². The fraction of sp³-hybridized carbons (Fsp3) is 0.500. The molecular formula is C12H17NO2. The Morgan fingerprint density at radius 3 is 2.33 bits per heavy atom. The molecule has 0 amide bonds. The summed E-state index contributed by atoms with van der Waals surface area (Å²) in [5.74, 6) is 1.72. The SMILES string of the molecule is COc1ccc(OCCC2(N)CC2)cc1. The lowest BCUT2D eigenvalue weighted by Crippen LogP contribution is -2.24. The molecule has 0 aromatic heterocycles. The molecule has 0 spiro atoms. The van der Waals surface area contributed by atoms with Gasteiger partial charge in [-0.1, -0.05) is 0 Å². The Balaban J connectivity index is 1.77. The van der Waals surface area contributed by atoms with E-state index in [9.17, 15) is 0 Å². The Morgan fingerprint density at radius 2 is 1.80 bits per heavy atom. The fourth-order valence-corrected chi connectivity index (χ4v) is 1.45. The lowest BCUT2D eigenvalue weighted by Gasteiger charge is -2.10. The van der Waals surface area contributed by atoms with E-state index in [4.69, 9.17) is 15.2 Å². The molecule has 1 aliphatic rings. The molecular weight excluding hydrogens is 190 g/mol. The molecule has 3 heteroatoms. The lowest BCUT2D eigenvalue weighted by atomic mass is 10.2. The third kappa shape index (κ3) is 2.86. The van der Waals surface area contributed by atoms with Crippen molar-refractivity contribution >= 4 is 0 Å². The quantitative estimate of drug-likeness (QED) is 0.802. The largest absolute Gasteiger partial charge is 0.497 e. The summed E-state index contributed by atoms with van der Waals surface area (Å²) in [5.41, 5.74) is 6.03. The van der Waals surface area contributed by atoms with Crippen LogP contribution in [0.4, 0.5) is 0 Å². The van der Waals surface area contributed by atoms with Gasteiger partial charge in [-0.2, -0.15) is 0 Å².